The third kappa shape index (κ3) is 3.25. The Kier molecular flexibility index (Phi) is 2.84. The topological polar surface area (TPSA) is 9.23 Å². The fraction of sp³-hybridized carbons (Fsp3) is 0.667. The van der Waals surface area contributed by atoms with Crippen LogP contribution < -0.4 is 0 Å². The Balaban J connectivity index is 2.64. The van der Waals surface area contributed by atoms with Crippen LogP contribution in [0.5, 0.6) is 0 Å². The third-order valence-electron chi connectivity index (χ3n) is 2.25. The fourth-order valence-electron chi connectivity index (χ4n) is 1.39. The molecule has 0 heterocycles. The van der Waals surface area contributed by atoms with Crippen molar-refractivity contribution in [2.75, 3.05) is 0 Å². The quantitative estimate of drug-likeness (QED) is 0.598. The highest BCUT2D eigenvalue weighted by molar-refractivity contribution is 5.22. The van der Waals surface area contributed by atoms with Crippen LogP contribution in [0.4, 0.5) is 0 Å². The number of rotatable bonds is 1. The molecule has 1 rings (SSSR count). The van der Waals surface area contributed by atoms with Crippen LogP contribution in [0, 0.1) is 5.92 Å². The average Bonchev–Trinajstić information content (AvgIpc) is 1.94. The molecule has 0 aromatic carbocycles. The number of hydrogen-bond acceptors (Lipinski definition) is 1. The largest absolute Gasteiger partial charge is 0.492 e. The highest BCUT2D eigenvalue weighted by atomic mass is 16.5. The number of ether oxygens (including phenoxy) is 1. The molecule has 0 saturated heterocycles. The SMILES string of the molecule is CC1=CC=C(OC(C)(C)C)CC1C. The van der Waals surface area contributed by atoms with Gasteiger partial charge >= 0.3 is 0 Å². The maximum absolute atomic E-state index is 5.81. The van der Waals surface area contributed by atoms with Gasteiger partial charge in [-0.2, -0.15) is 0 Å². The molecule has 13 heavy (non-hydrogen) atoms. The maximum Gasteiger partial charge on any atom is 0.100 e. The van der Waals surface area contributed by atoms with Crippen molar-refractivity contribution in [3.63, 3.8) is 0 Å². The molecule has 1 heteroatoms. The maximum atomic E-state index is 5.81. The summed E-state index contributed by atoms with van der Waals surface area (Å²) in [5.41, 5.74) is 1.38. The first kappa shape index (κ1) is 10.4. The molecule has 0 amide bonds. The van der Waals surface area contributed by atoms with Crippen molar-refractivity contribution in [1.82, 2.24) is 0 Å². The molecule has 0 aliphatic heterocycles. The van der Waals surface area contributed by atoms with Crippen LogP contribution in [0.15, 0.2) is 23.5 Å². The van der Waals surface area contributed by atoms with Crippen molar-refractivity contribution < 1.29 is 4.74 Å². The van der Waals surface area contributed by atoms with Gasteiger partial charge in [0.1, 0.15) is 5.60 Å². The molecule has 1 atom stereocenters. The molecule has 0 radical (unpaired) electrons. The van der Waals surface area contributed by atoms with E-state index in [1.165, 1.54) is 5.57 Å². The van der Waals surface area contributed by atoms with E-state index in [0.717, 1.165) is 12.2 Å². The molecule has 1 nitrogen and oxygen atoms in total. The summed E-state index contributed by atoms with van der Waals surface area (Å²) in [5.74, 6) is 1.74. The zero-order valence-electron chi connectivity index (χ0n) is 9.35. The zero-order valence-corrected chi connectivity index (χ0v) is 9.35. The molecule has 0 fully saturated rings. The highest BCUT2D eigenvalue weighted by Crippen LogP contribution is 2.27. The summed E-state index contributed by atoms with van der Waals surface area (Å²) in [6, 6.07) is 0. The van der Waals surface area contributed by atoms with E-state index in [1.807, 2.05) is 0 Å². The summed E-state index contributed by atoms with van der Waals surface area (Å²) in [6.45, 7) is 10.7. The van der Waals surface area contributed by atoms with Crippen LogP contribution in [0.3, 0.4) is 0 Å². The van der Waals surface area contributed by atoms with Crippen molar-refractivity contribution >= 4 is 0 Å². The van der Waals surface area contributed by atoms with Crippen LogP contribution in [0.2, 0.25) is 0 Å². The highest BCUT2D eigenvalue weighted by Gasteiger charge is 2.18. The van der Waals surface area contributed by atoms with Gasteiger partial charge in [0.15, 0.2) is 0 Å². The predicted octanol–water partition coefficient (Wildman–Crippen LogP) is 3.67. The zero-order chi connectivity index (χ0) is 10.1. The molecule has 0 aromatic heterocycles. The summed E-state index contributed by atoms with van der Waals surface area (Å²) < 4.78 is 5.81. The van der Waals surface area contributed by atoms with Gasteiger partial charge in [-0.25, -0.2) is 0 Å². The first-order valence-corrected chi connectivity index (χ1v) is 4.95. The van der Waals surface area contributed by atoms with Gasteiger partial charge in [-0.05, 0) is 39.7 Å². The van der Waals surface area contributed by atoms with Crippen LogP contribution in [0.25, 0.3) is 0 Å². The van der Waals surface area contributed by atoms with E-state index in [1.54, 1.807) is 0 Å². The Bertz CT molecular complexity index is 240. The number of allylic oxidation sites excluding steroid dienone is 4. The smallest absolute Gasteiger partial charge is 0.100 e. The summed E-state index contributed by atoms with van der Waals surface area (Å²) in [5, 5.41) is 0. The van der Waals surface area contributed by atoms with Crippen LogP contribution in [0.1, 0.15) is 41.0 Å². The standard InChI is InChI=1S/C12H20O/c1-9-6-7-11(8-10(9)2)13-12(3,4)5/h6-7,10H,8H2,1-5H3. The van der Waals surface area contributed by atoms with Gasteiger partial charge in [0.2, 0.25) is 0 Å². The second-order valence-corrected chi connectivity index (χ2v) is 4.86. The van der Waals surface area contributed by atoms with Gasteiger partial charge in [-0.3, -0.25) is 0 Å². The van der Waals surface area contributed by atoms with E-state index >= 15 is 0 Å². The van der Waals surface area contributed by atoms with Crippen LogP contribution in [-0.4, -0.2) is 5.60 Å². The summed E-state index contributed by atoms with van der Waals surface area (Å²) in [6.07, 6.45) is 5.30. The molecule has 0 spiro atoms. The lowest BCUT2D eigenvalue weighted by Crippen LogP contribution is -2.20. The molecular formula is C12H20O. The monoisotopic (exact) mass is 180 g/mol. The average molecular weight is 180 g/mol. The van der Waals surface area contributed by atoms with E-state index in [9.17, 15) is 0 Å². The van der Waals surface area contributed by atoms with Crippen molar-refractivity contribution in [3.05, 3.63) is 23.5 Å². The van der Waals surface area contributed by atoms with Gasteiger partial charge in [-0.1, -0.05) is 18.6 Å². The van der Waals surface area contributed by atoms with Gasteiger partial charge < -0.3 is 4.74 Å². The summed E-state index contributed by atoms with van der Waals surface area (Å²) in [7, 11) is 0. The summed E-state index contributed by atoms with van der Waals surface area (Å²) >= 11 is 0. The molecule has 0 aromatic rings. The minimum atomic E-state index is -0.0648. The second-order valence-electron chi connectivity index (χ2n) is 4.86. The molecule has 0 saturated carbocycles. The molecular weight excluding hydrogens is 160 g/mol. The molecule has 1 aliphatic rings. The van der Waals surface area contributed by atoms with Crippen molar-refractivity contribution in [3.8, 4) is 0 Å². The Morgan fingerprint density at radius 2 is 1.92 bits per heavy atom. The Morgan fingerprint density at radius 1 is 1.31 bits per heavy atom. The van der Waals surface area contributed by atoms with Gasteiger partial charge in [0, 0.05) is 6.42 Å². The second kappa shape index (κ2) is 3.57. The van der Waals surface area contributed by atoms with Crippen molar-refractivity contribution in [2.45, 2.75) is 46.6 Å². The van der Waals surface area contributed by atoms with E-state index < -0.39 is 0 Å². The Hall–Kier alpha value is -0.720. The first-order valence-electron chi connectivity index (χ1n) is 4.95. The Labute approximate surface area is 81.5 Å². The lowest BCUT2D eigenvalue weighted by molar-refractivity contribution is 0.0438. The van der Waals surface area contributed by atoms with E-state index in [2.05, 4.69) is 46.8 Å². The predicted molar refractivity (Wildman–Crippen MR) is 56.5 cm³/mol. The lowest BCUT2D eigenvalue weighted by Gasteiger charge is -2.27. The van der Waals surface area contributed by atoms with Crippen LogP contribution >= 0.6 is 0 Å². The number of hydrogen-bond donors (Lipinski definition) is 0. The molecule has 74 valence electrons. The van der Waals surface area contributed by atoms with E-state index in [-0.39, 0.29) is 5.60 Å². The van der Waals surface area contributed by atoms with Gasteiger partial charge in [-0.15, -0.1) is 0 Å². The third-order valence-corrected chi connectivity index (χ3v) is 2.25. The van der Waals surface area contributed by atoms with Gasteiger partial charge in [0.25, 0.3) is 0 Å². The first-order chi connectivity index (χ1) is 5.88. The van der Waals surface area contributed by atoms with Crippen molar-refractivity contribution in [2.24, 2.45) is 5.92 Å². The normalized spacial score (nSPS) is 23.6. The van der Waals surface area contributed by atoms with Gasteiger partial charge in [0.05, 0.1) is 5.76 Å². The lowest BCUT2D eigenvalue weighted by atomic mass is 9.93. The van der Waals surface area contributed by atoms with E-state index in [4.69, 9.17) is 4.74 Å². The fourth-order valence-corrected chi connectivity index (χ4v) is 1.39. The molecule has 0 bridgehead atoms. The Morgan fingerprint density at radius 3 is 2.38 bits per heavy atom. The minimum Gasteiger partial charge on any atom is -0.492 e. The van der Waals surface area contributed by atoms with Crippen LogP contribution in [-0.2, 0) is 4.74 Å². The molecule has 1 unspecified atom stereocenters. The summed E-state index contributed by atoms with van der Waals surface area (Å²) in [4.78, 5) is 0. The molecule has 1 aliphatic carbocycles. The molecule has 0 N–H and O–H groups in total. The minimum absolute atomic E-state index is 0.0648. The van der Waals surface area contributed by atoms with Crippen molar-refractivity contribution in [1.29, 1.82) is 0 Å². The van der Waals surface area contributed by atoms with E-state index in [0.29, 0.717) is 5.92 Å².